The lowest BCUT2D eigenvalue weighted by Gasteiger charge is -2.31. The first kappa shape index (κ1) is 14.8. The highest BCUT2D eigenvalue weighted by molar-refractivity contribution is 5.85. The molecular weight excluding hydrogens is 302 g/mol. The molecule has 0 radical (unpaired) electrons. The van der Waals surface area contributed by atoms with Crippen molar-refractivity contribution in [2.75, 3.05) is 24.6 Å². The van der Waals surface area contributed by atoms with Gasteiger partial charge in [-0.1, -0.05) is 18.2 Å². The topological polar surface area (TPSA) is 59.3 Å². The average Bonchev–Trinajstić information content (AvgIpc) is 3.04. The smallest absolute Gasteiger partial charge is 0.257 e. The number of nitroso groups, excluding NO2 is 1. The van der Waals surface area contributed by atoms with Crippen LogP contribution in [0.25, 0.3) is 10.9 Å². The van der Waals surface area contributed by atoms with Gasteiger partial charge in [0.15, 0.2) is 0 Å². The van der Waals surface area contributed by atoms with Crippen molar-refractivity contribution in [1.29, 1.82) is 0 Å². The first-order valence-corrected chi connectivity index (χ1v) is 8.22. The van der Waals surface area contributed by atoms with E-state index in [2.05, 4.69) is 41.2 Å². The quantitative estimate of drug-likeness (QED) is 0.775. The van der Waals surface area contributed by atoms with Gasteiger partial charge in [0.1, 0.15) is 12.4 Å². The van der Waals surface area contributed by atoms with Crippen LogP contribution in [0.4, 0.5) is 11.4 Å². The zero-order valence-corrected chi connectivity index (χ0v) is 13.6. The number of para-hydroxylation sites is 1. The van der Waals surface area contributed by atoms with Crippen molar-refractivity contribution in [3.8, 4) is 5.75 Å². The standard InChI is InChI=1S/C19H19N3O2/c1-13-3-2-4-16-14(12-20-19(13)16)7-8-22-9-10-24-18-11-15(21-23)5-6-17(18)22/h2-6,11-12,20H,7-10H2,1H3/p+1. The van der Waals surface area contributed by atoms with Crippen molar-refractivity contribution >= 4 is 22.3 Å². The lowest BCUT2D eigenvalue weighted by Crippen LogP contribution is -2.55. The summed E-state index contributed by atoms with van der Waals surface area (Å²) in [5, 5.41) is 3.22. The third kappa shape index (κ3) is 2.52. The van der Waals surface area contributed by atoms with Crippen LogP contribution in [0, 0.1) is 11.8 Å². The summed E-state index contributed by atoms with van der Waals surface area (Å²) in [5.74, 6) is 0.775. The second kappa shape index (κ2) is 6.00. The largest absolute Gasteiger partial charge is 0.489 e. The molecule has 2 aromatic carbocycles. The number of H-pyrrole nitrogens is 1. The fourth-order valence-corrected chi connectivity index (χ4v) is 3.40. The maximum absolute atomic E-state index is 10.8. The maximum atomic E-state index is 10.8. The summed E-state index contributed by atoms with van der Waals surface area (Å²) in [5.41, 5.74) is 5.41. The van der Waals surface area contributed by atoms with Gasteiger partial charge >= 0.3 is 0 Å². The molecule has 24 heavy (non-hydrogen) atoms. The number of aryl methyl sites for hydroxylation is 1. The predicted octanol–water partition coefficient (Wildman–Crippen LogP) is 2.40. The third-order valence-corrected chi connectivity index (χ3v) is 4.70. The number of nitrogens with zero attached hydrogens (tertiary/aromatic N) is 1. The molecule has 1 aromatic heterocycles. The zero-order chi connectivity index (χ0) is 16.5. The molecule has 0 saturated carbocycles. The van der Waals surface area contributed by atoms with E-state index < -0.39 is 0 Å². The number of aromatic amines is 1. The average molecular weight is 322 g/mol. The van der Waals surface area contributed by atoms with Crippen molar-refractivity contribution in [1.82, 2.24) is 4.98 Å². The van der Waals surface area contributed by atoms with Gasteiger partial charge < -0.3 is 14.6 Å². The van der Waals surface area contributed by atoms with Crippen molar-refractivity contribution in [2.45, 2.75) is 13.3 Å². The van der Waals surface area contributed by atoms with Gasteiger partial charge in [0.25, 0.3) is 5.69 Å². The lowest BCUT2D eigenvalue weighted by molar-refractivity contribution is -0.379. The second-order valence-corrected chi connectivity index (χ2v) is 6.18. The fraction of sp³-hybridized carbons (Fsp3) is 0.263. The zero-order valence-electron chi connectivity index (χ0n) is 13.6. The first-order valence-electron chi connectivity index (χ1n) is 8.22. The number of rotatable bonds is 4. The molecule has 0 aliphatic carbocycles. The fourth-order valence-electron chi connectivity index (χ4n) is 3.40. The number of benzene rings is 2. The molecule has 5 nitrogen and oxygen atoms in total. The lowest BCUT2D eigenvalue weighted by atomic mass is 10.1. The van der Waals surface area contributed by atoms with E-state index >= 15 is 0 Å². The molecule has 3 aromatic rings. The van der Waals surface area contributed by atoms with E-state index in [-0.39, 0.29) is 0 Å². The summed E-state index contributed by atoms with van der Waals surface area (Å²) in [6, 6.07) is 11.9. The van der Waals surface area contributed by atoms with Gasteiger partial charge in [0.05, 0.1) is 18.3 Å². The van der Waals surface area contributed by atoms with Crippen LogP contribution >= 0.6 is 0 Å². The number of ether oxygens (including phenoxy) is 1. The van der Waals surface area contributed by atoms with Crippen LogP contribution in [0.2, 0.25) is 0 Å². The van der Waals surface area contributed by atoms with Gasteiger partial charge in [-0.2, -0.15) is 0 Å². The normalized spacial score (nSPS) is 13.6. The minimum Gasteiger partial charge on any atom is -0.489 e. The molecule has 1 aliphatic rings. The highest BCUT2D eigenvalue weighted by Gasteiger charge is 2.20. The van der Waals surface area contributed by atoms with Crippen LogP contribution in [0.3, 0.4) is 0 Å². The van der Waals surface area contributed by atoms with Crippen LogP contribution in [0.5, 0.6) is 5.75 Å². The van der Waals surface area contributed by atoms with E-state index in [0.29, 0.717) is 12.3 Å². The van der Waals surface area contributed by atoms with E-state index in [1.54, 1.807) is 12.1 Å². The highest BCUT2D eigenvalue weighted by Crippen LogP contribution is 2.33. The third-order valence-electron chi connectivity index (χ3n) is 4.70. The molecule has 2 heterocycles. The Morgan fingerprint density at radius 2 is 2.21 bits per heavy atom. The molecule has 0 atom stereocenters. The molecule has 0 spiro atoms. The Hall–Kier alpha value is -2.82. The first-order chi connectivity index (χ1) is 11.8. The molecule has 1 aliphatic heterocycles. The summed E-state index contributed by atoms with van der Waals surface area (Å²) in [7, 11) is 0. The predicted molar refractivity (Wildman–Crippen MR) is 94.9 cm³/mol. The van der Waals surface area contributed by atoms with Gasteiger partial charge in [-0.05, 0) is 30.5 Å². The molecule has 0 fully saturated rings. The highest BCUT2D eigenvalue weighted by atomic mass is 16.5. The molecule has 4 rings (SSSR count). The summed E-state index contributed by atoms with van der Waals surface area (Å²) < 4.78 is 5.69. The summed E-state index contributed by atoms with van der Waals surface area (Å²) >= 11 is 0. The van der Waals surface area contributed by atoms with Crippen molar-refractivity contribution in [3.63, 3.8) is 0 Å². The summed E-state index contributed by atoms with van der Waals surface area (Å²) in [6.07, 6.45) is 3.08. The van der Waals surface area contributed by atoms with Crippen molar-refractivity contribution in [3.05, 3.63) is 58.6 Å². The van der Waals surface area contributed by atoms with Gasteiger partial charge in [-0.25, -0.2) is 0 Å². The number of nitrogens with one attached hydrogen (secondary N) is 2. The Bertz CT molecular complexity index is 901. The number of hydrogen-bond donors (Lipinski definition) is 2. The van der Waals surface area contributed by atoms with E-state index in [1.807, 2.05) is 11.2 Å². The van der Waals surface area contributed by atoms with Crippen LogP contribution in [0.15, 0.2) is 42.6 Å². The minimum absolute atomic E-state index is 0.530. The van der Waals surface area contributed by atoms with Crippen LogP contribution < -0.4 is 14.8 Å². The molecule has 5 heteroatoms. The van der Waals surface area contributed by atoms with E-state index in [9.17, 15) is 4.91 Å². The molecule has 0 bridgehead atoms. The van der Waals surface area contributed by atoms with Crippen LogP contribution in [-0.4, -0.2) is 24.7 Å². The monoisotopic (exact) mass is 322 g/mol. The van der Waals surface area contributed by atoms with Crippen LogP contribution in [-0.2, 0) is 6.42 Å². The Balaban J connectivity index is 1.56. The van der Waals surface area contributed by atoms with Gasteiger partial charge in [-0.3, -0.25) is 0 Å². The maximum Gasteiger partial charge on any atom is 0.257 e. The van der Waals surface area contributed by atoms with Crippen molar-refractivity contribution in [2.24, 2.45) is 0 Å². The second-order valence-electron chi connectivity index (χ2n) is 6.18. The Kier molecular flexibility index (Phi) is 3.69. The van der Waals surface area contributed by atoms with Gasteiger partial charge in [0.2, 0.25) is 0 Å². The summed E-state index contributed by atoms with van der Waals surface area (Å²) in [4.78, 5) is 16.5. The van der Waals surface area contributed by atoms with Crippen molar-refractivity contribution < 1.29 is 9.91 Å². The van der Waals surface area contributed by atoms with E-state index in [4.69, 9.17) is 4.74 Å². The van der Waals surface area contributed by atoms with E-state index in [0.717, 1.165) is 30.9 Å². The molecule has 0 saturated heterocycles. The van der Waals surface area contributed by atoms with Crippen LogP contribution in [0.1, 0.15) is 11.1 Å². The molecule has 0 unspecified atom stereocenters. The molecule has 122 valence electrons. The Labute approximate surface area is 140 Å². The molecule has 0 amide bonds. The number of anilines is 1. The Morgan fingerprint density at radius 3 is 3.08 bits per heavy atom. The van der Waals surface area contributed by atoms with Gasteiger partial charge in [-0.15, -0.1) is 0 Å². The molecular formula is C19H20N3O2+. The SMILES string of the molecule is Cc1cccc2c(CCN3CCOc4cc([NH+]=O)ccc43)c[nH]c12. The number of fused-ring (bicyclic) bond motifs is 2. The molecule has 2 N–H and O–H groups in total. The van der Waals surface area contributed by atoms with Gasteiger partial charge in [0, 0.05) is 39.8 Å². The number of aromatic nitrogens is 1. The summed E-state index contributed by atoms with van der Waals surface area (Å²) in [6.45, 7) is 4.55. The minimum atomic E-state index is 0.530. The number of hydrogen-bond acceptors (Lipinski definition) is 3. The Morgan fingerprint density at radius 1 is 1.29 bits per heavy atom. The van der Waals surface area contributed by atoms with E-state index in [1.165, 1.54) is 22.0 Å².